The molecule has 0 unspecified atom stereocenters. The van der Waals surface area contributed by atoms with Gasteiger partial charge in [-0.1, -0.05) is 25.0 Å². The van der Waals surface area contributed by atoms with E-state index in [-0.39, 0.29) is 0 Å². The van der Waals surface area contributed by atoms with Crippen molar-refractivity contribution in [3.63, 3.8) is 0 Å². The first-order valence-electron chi connectivity index (χ1n) is 5.85. The number of hydrogen-bond acceptors (Lipinski definition) is 2. The van der Waals surface area contributed by atoms with Crippen molar-refractivity contribution in [3.8, 4) is 0 Å². The number of aliphatic imine (C=N–C) groups is 1. The first kappa shape index (κ1) is 12.6. The Bertz CT molecular complexity index is 399. The van der Waals surface area contributed by atoms with Gasteiger partial charge in [0.15, 0.2) is 0 Å². The molecule has 0 amide bonds. The number of halogens is 1. The Balaban J connectivity index is 2.06. The van der Waals surface area contributed by atoms with E-state index in [1.807, 2.05) is 24.3 Å². The minimum Gasteiger partial charge on any atom is -0.324 e. The minimum absolute atomic E-state index is 0.412. The number of nitrogens with one attached hydrogen (secondary N) is 2. The molecule has 4 nitrogen and oxygen atoms in total. The van der Waals surface area contributed by atoms with Gasteiger partial charge in [0.05, 0.1) is 11.7 Å². The van der Waals surface area contributed by atoms with Crippen molar-refractivity contribution in [1.82, 2.24) is 5.43 Å². The van der Waals surface area contributed by atoms with E-state index in [1.54, 1.807) is 0 Å². The van der Waals surface area contributed by atoms with Crippen LogP contribution in [-0.2, 0) is 0 Å². The van der Waals surface area contributed by atoms with Crippen molar-refractivity contribution in [2.45, 2.75) is 31.7 Å². The van der Waals surface area contributed by atoms with Gasteiger partial charge in [0.1, 0.15) is 0 Å². The number of hydrazine groups is 1. The lowest BCUT2D eigenvalue weighted by molar-refractivity contribution is 0.700. The maximum absolute atomic E-state index is 5.50. The van der Waals surface area contributed by atoms with Gasteiger partial charge in [-0.15, -0.1) is 0 Å². The second-order valence-corrected chi connectivity index (χ2v) is 5.33. The lowest BCUT2D eigenvalue weighted by Gasteiger charge is -2.12. The highest BCUT2D eigenvalue weighted by Gasteiger charge is 2.14. The normalized spacial score (nSPS) is 17.2. The molecule has 4 N–H and O–H groups in total. The molecule has 1 aromatic carbocycles. The Labute approximate surface area is 115 Å². The molecule has 0 aliphatic heterocycles. The molecule has 0 heterocycles. The number of guanidine groups is 1. The molecule has 1 saturated carbocycles. The van der Waals surface area contributed by atoms with Crippen LogP contribution in [0.4, 0.5) is 5.69 Å². The number of benzene rings is 1. The number of anilines is 1. The predicted octanol–water partition coefficient (Wildman–Crippen LogP) is 2.46. The fourth-order valence-electron chi connectivity index (χ4n) is 2.01. The summed E-state index contributed by atoms with van der Waals surface area (Å²) in [5.74, 6) is 6.16. The summed E-state index contributed by atoms with van der Waals surface area (Å²) in [5.41, 5.74) is 3.67. The van der Waals surface area contributed by atoms with E-state index < -0.39 is 0 Å². The fourth-order valence-corrected chi connectivity index (χ4v) is 2.53. The highest BCUT2D eigenvalue weighted by molar-refractivity contribution is 14.1. The maximum atomic E-state index is 5.50. The van der Waals surface area contributed by atoms with Gasteiger partial charge in [0, 0.05) is 3.57 Å². The maximum Gasteiger partial charge on any atom is 0.210 e. The predicted molar refractivity (Wildman–Crippen MR) is 79.8 cm³/mol. The molecule has 17 heavy (non-hydrogen) atoms. The third kappa shape index (κ3) is 3.57. The van der Waals surface area contributed by atoms with Crippen molar-refractivity contribution in [2.75, 3.05) is 5.32 Å². The van der Waals surface area contributed by atoms with Crippen LogP contribution in [0.15, 0.2) is 29.3 Å². The van der Waals surface area contributed by atoms with Crippen molar-refractivity contribution in [1.29, 1.82) is 0 Å². The fraction of sp³-hybridized carbons (Fsp3) is 0.417. The van der Waals surface area contributed by atoms with Gasteiger partial charge in [-0.25, -0.2) is 10.8 Å². The molecule has 0 radical (unpaired) electrons. The minimum atomic E-state index is 0.412. The number of rotatable bonds is 2. The number of hydrogen-bond donors (Lipinski definition) is 3. The summed E-state index contributed by atoms with van der Waals surface area (Å²) in [4.78, 5) is 4.60. The molecule has 0 saturated heterocycles. The molecule has 1 aromatic rings. The van der Waals surface area contributed by atoms with E-state index >= 15 is 0 Å². The van der Waals surface area contributed by atoms with E-state index in [0.717, 1.165) is 9.26 Å². The third-order valence-corrected chi connectivity index (χ3v) is 3.84. The Hall–Kier alpha value is -0.820. The van der Waals surface area contributed by atoms with Gasteiger partial charge in [-0.05, 0) is 47.6 Å². The molecular formula is C12H17IN4. The lowest BCUT2D eigenvalue weighted by Crippen LogP contribution is -2.37. The van der Waals surface area contributed by atoms with Crippen LogP contribution in [0.3, 0.4) is 0 Å². The van der Waals surface area contributed by atoms with Gasteiger partial charge >= 0.3 is 0 Å². The van der Waals surface area contributed by atoms with E-state index in [9.17, 15) is 0 Å². The van der Waals surface area contributed by atoms with E-state index in [4.69, 9.17) is 5.84 Å². The second-order valence-electron chi connectivity index (χ2n) is 4.17. The van der Waals surface area contributed by atoms with Crippen LogP contribution in [0.1, 0.15) is 25.7 Å². The Morgan fingerprint density at radius 2 is 2.00 bits per heavy atom. The Morgan fingerprint density at radius 3 is 2.65 bits per heavy atom. The summed E-state index contributed by atoms with van der Waals surface area (Å²) >= 11 is 2.29. The monoisotopic (exact) mass is 344 g/mol. The molecule has 1 aliphatic rings. The second kappa shape index (κ2) is 6.20. The molecule has 1 fully saturated rings. The van der Waals surface area contributed by atoms with E-state index in [0.29, 0.717) is 12.0 Å². The summed E-state index contributed by atoms with van der Waals surface area (Å²) in [5, 5.41) is 3.23. The van der Waals surface area contributed by atoms with Crippen molar-refractivity contribution < 1.29 is 0 Å². The van der Waals surface area contributed by atoms with Gasteiger partial charge in [0.2, 0.25) is 5.96 Å². The third-order valence-electron chi connectivity index (χ3n) is 2.90. The van der Waals surface area contributed by atoms with Crippen molar-refractivity contribution in [2.24, 2.45) is 10.8 Å². The SMILES string of the molecule is NNC(=NC1CCCC1)Nc1ccccc1I. The van der Waals surface area contributed by atoms with Crippen molar-refractivity contribution >= 4 is 34.2 Å². The van der Waals surface area contributed by atoms with Crippen LogP contribution < -0.4 is 16.6 Å². The number of para-hydroxylation sites is 1. The van der Waals surface area contributed by atoms with Crippen LogP contribution in [0.25, 0.3) is 0 Å². The summed E-state index contributed by atoms with van der Waals surface area (Å²) in [6.45, 7) is 0. The van der Waals surface area contributed by atoms with Gasteiger partial charge in [-0.2, -0.15) is 0 Å². The average Bonchev–Trinajstić information content (AvgIpc) is 2.84. The highest BCUT2D eigenvalue weighted by atomic mass is 127. The molecule has 1 aliphatic carbocycles. The van der Waals surface area contributed by atoms with Gasteiger partial charge in [-0.3, -0.25) is 5.43 Å². The molecular weight excluding hydrogens is 327 g/mol. The van der Waals surface area contributed by atoms with Crippen LogP contribution in [0, 0.1) is 3.57 Å². The average molecular weight is 344 g/mol. The first-order chi connectivity index (χ1) is 8.29. The smallest absolute Gasteiger partial charge is 0.210 e. The molecule has 2 rings (SSSR count). The van der Waals surface area contributed by atoms with Crippen LogP contribution in [0.5, 0.6) is 0 Å². The molecule has 0 atom stereocenters. The highest BCUT2D eigenvalue weighted by Crippen LogP contribution is 2.21. The summed E-state index contributed by atoms with van der Waals surface area (Å²) in [6, 6.07) is 8.48. The zero-order chi connectivity index (χ0) is 12.1. The molecule has 0 bridgehead atoms. The lowest BCUT2D eigenvalue weighted by atomic mass is 10.3. The van der Waals surface area contributed by atoms with Crippen molar-refractivity contribution in [3.05, 3.63) is 27.8 Å². The van der Waals surface area contributed by atoms with Crippen LogP contribution in [-0.4, -0.2) is 12.0 Å². The molecule has 92 valence electrons. The summed E-state index contributed by atoms with van der Waals surface area (Å²) in [7, 11) is 0. The van der Waals surface area contributed by atoms with Gasteiger partial charge < -0.3 is 5.32 Å². The Morgan fingerprint density at radius 1 is 1.29 bits per heavy atom. The number of nitrogens with zero attached hydrogens (tertiary/aromatic N) is 1. The molecule has 0 aromatic heterocycles. The standard InChI is InChI=1S/C12H17IN4/c13-10-7-3-4-8-11(10)16-12(17-14)15-9-5-1-2-6-9/h3-4,7-9H,1-2,5-6,14H2,(H2,15,16,17). The topological polar surface area (TPSA) is 62.4 Å². The van der Waals surface area contributed by atoms with Crippen LogP contribution in [0.2, 0.25) is 0 Å². The summed E-state index contributed by atoms with van der Waals surface area (Å²) in [6.07, 6.45) is 4.88. The van der Waals surface area contributed by atoms with Crippen LogP contribution >= 0.6 is 22.6 Å². The molecule has 0 spiro atoms. The summed E-state index contributed by atoms with van der Waals surface area (Å²) < 4.78 is 1.15. The molecule has 5 heteroatoms. The first-order valence-corrected chi connectivity index (χ1v) is 6.93. The zero-order valence-corrected chi connectivity index (χ0v) is 11.8. The van der Waals surface area contributed by atoms with E-state index in [1.165, 1.54) is 25.7 Å². The quantitative estimate of drug-likeness (QED) is 0.254. The zero-order valence-electron chi connectivity index (χ0n) is 9.62. The number of nitrogens with two attached hydrogens (primary N) is 1. The Kier molecular flexibility index (Phi) is 4.61. The van der Waals surface area contributed by atoms with Gasteiger partial charge in [0.25, 0.3) is 0 Å². The van der Waals surface area contributed by atoms with E-state index in [2.05, 4.69) is 38.3 Å². The largest absolute Gasteiger partial charge is 0.324 e.